The summed E-state index contributed by atoms with van der Waals surface area (Å²) < 4.78 is 10.6. The minimum Gasteiger partial charge on any atom is -0.434 e. The van der Waals surface area contributed by atoms with E-state index in [1.165, 1.54) is 11.1 Å². The molecule has 0 heterocycles. The number of hydrogen-bond donors (Lipinski definition) is 0. The van der Waals surface area contributed by atoms with E-state index in [0.717, 1.165) is 44.1 Å². The smallest absolute Gasteiger partial charge is 0.434 e. The van der Waals surface area contributed by atoms with Gasteiger partial charge in [-0.3, -0.25) is 0 Å². The summed E-state index contributed by atoms with van der Waals surface area (Å²) in [6, 6.07) is 16.3. The SMILES string of the molecule is CCc1cccc(OC(=O)OCCCCCc2ccccc2)c1CC. The Hall–Kier alpha value is -2.29. The molecular weight excluding hydrogens is 312 g/mol. The molecule has 0 aromatic heterocycles. The van der Waals surface area contributed by atoms with Gasteiger partial charge in [0.2, 0.25) is 0 Å². The van der Waals surface area contributed by atoms with Gasteiger partial charge >= 0.3 is 6.16 Å². The van der Waals surface area contributed by atoms with Gasteiger partial charge in [0.1, 0.15) is 5.75 Å². The second-order valence-electron chi connectivity index (χ2n) is 6.10. The van der Waals surface area contributed by atoms with Crippen molar-refractivity contribution in [2.75, 3.05) is 6.61 Å². The van der Waals surface area contributed by atoms with E-state index in [0.29, 0.717) is 12.4 Å². The van der Waals surface area contributed by atoms with Crippen LogP contribution in [0.3, 0.4) is 0 Å². The topological polar surface area (TPSA) is 35.5 Å². The van der Waals surface area contributed by atoms with Crippen molar-refractivity contribution in [3.63, 3.8) is 0 Å². The molecule has 0 unspecified atom stereocenters. The fraction of sp³-hybridized carbons (Fsp3) is 0.409. The lowest BCUT2D eigenvalue weighted by atomic mass is 10.0. The van der Waals surface area contributed by atoms with Crippen molar-refractivity contribution in [3.05, 3.63) is 65.2 Å². The Morgan fingerprint density at radius 3 is 2.40 bits per heavy atom. The first-order valence-electron chi connectivity index (χ1n) is 9.23. The minimum absolute atomic E-state index is 0.405. The fourth-order valence-corrected chi connectivity index (χ4v) is 2.97. The van der Waals surface area contributed by atoms with Crippen molar-refractivity contribution in [1.29, 1.82) is 0 Å². The van der Waals surface area contributed by atoms with Gasteiger partial charge in [0.25, 0.3) is 0 Å². The number of benzene rings is 2. The summed E-state index contributed by atoms with van der Waals surface area (Å²) in [6.45, 7) is 4.58. The molecule has 0 atom stereocenters. The summed E-state index contributed by atoms with van der Waals surface area (Å²) in [5.74, 6) is 0.621. The van der Waals surface area contributed by atoms with Gasteiger partial charge in [-0.05, 0) is 61.3 Å². The second-order valence-corrected chi connectivity index (χ2v) is 6.10. The van der Waals surface area contributed by atoms with Crippen LogP contribution in [0.4, 0.5) is 4.79 Å². The summed E-state index contributed by atoms with van der Waals surface area (Å²) in [7, 11) is 0. The predicted molar refractivity (Wildman–Crippen MR) is 101 cm³/mol. The maximum Gasteiger partial charge on any atom is 0.513 e. The van der Waals surface area contributed by atoms with Crippen LogP contribution in [0, 0.1) is 0 Å². The molecular formula is C22H28O3. The average molecular weight is 340 g/mol. The first-order chi connectivity index (χ1) is 12.2. The van der Waals surface area contributed by atoms with Crippen LogP contribution in [0.5, 0.6) is 5.75 Å². The van der Waals surface area contributed by atoms with Gasteiger partial charge in [-0.15, -0.1) is 0 Å². The van der Waals surface area contributed by atoms with Crippen LogP contribution in [0.25, 0.3) is 0 Å². The van der Waals surface area contributed by atoms with Crippen LogP contribution in [0.2, 0.25) is 0 Å². The highest BCUT2D eigenvalue weighted by Crippen LogP contribution is 2.24. The molecule has 0 saturated carbocycles. The first-order valence-corrected chi connectivity index (χ1v) is 9.23. The van der Waals surface area contributed by atoms with Gasteiger partial charge in [0.05, 0.1) is 6.61 Å². The maximum atomic E-state index is 11.9. The molecule has 3 nitrogen and oxygen atoms in total. The maximum absolute atomic E-state index is 11.9. The molecule has 0 spiro atoms. The van der Waals surface area contributed by atoms with Gasteiger partial charge in [-0.1, -0.05) is 56.3 Å². The Balaban J connectivity index is 1.67. The van der Waals surface area contributed by atoms with Crippen molar-refractivity contribution in [2.24, 2.45) is 0 Å². The lowest BCUT2D eigenvalue weighted by Gasteiger charge is -2.12. The normalized spacial score (nSPS) is 10.5. The van der Waals surface area contributed by atoms with E-state index in [2.05, 4.69) is 44.2 Å². The molecule has 0 fully saturated rings. The zero-order chi connectivity index (χ0) is 17.9. The monoisotopic (exact) mass is 340 g/mol. The van der Waals surface area contributed by atoms with Crippen molar-refractivity contribution in [1.82, 2.24) is 0 Å². The zero-order valence-corrected chi connectivity index (χ0v) is 15.3. The molecule has 134 valence electrons. The standard InChI is InChI=1S/C22H28O3/c1-3-19-15-11-16-21(20(19)4-2)25-22(23)24-17-10-6-9-14-18-12-7-5-8-13-18/h5,7-8,11-13,15-16H,3-4,6,9-10,14,17H2,1-2H3. The molecule has 0 amide bonds. The second kappa shape index (κ2) is 10.5. The van der Waals surface area contributed by atoms with Crippen LogP contribution in [-0.2, 0) is 24.0 Å². The molecule has 2 rings (SSSR count). The van der Waals surface area contributed by atoms with Gasteiger partial charge in [-0.2, -0.15) is 0 Å². The molecule has 0 aliphatic carbocycles. The summed E-state index contributed by atoms with van der Waals surface area (Å²) in [6.07, 6.45) is 5.22. The van der Waals surface area contributed by atoms with Crippen LogP contribution in [0.1, 0.15) is 49.8 Å². The molecule has 25 heavy (non-hydrogen) atoms. The zero-order valence-electron chi connectivity index (χ0n) is 15.3. The third kappa shape index (κ3) is 6.26. The summed E-state index contributed by atoms with van der Waals surface area (Å²) in [4.78, 5) is 11.9. The Kier molecular flexibility index (Phi) is 8.03. The largest absolute Gasteiger partial charge is 0.513 e. The molecule has 2 aromatic rings. The molecule has 3 heteroatoms. The summed E-state index contributed by atoms with van der Waals surface area (Å²) >= 11 is 0. The van der Waals surface area contributed by atoms with E-state index in [9.17, 15) is 4.79 Å². The van der Waals surface area contributed by atoms with Crippen LogP contribution >= 0.6 is 0 Å². The highest BCUT2D eigenvalue weighted by molar-refractivity contribution is 5.64. The van der Waals surface area contributed by atoms with Crippen LogP contribution < -0.4 is 4.74 Å². The van der Waals surface area contributed by atoms with Gasteiger partial charge in [0.15, 0.2) is 0 Å². The molecule has 0 N–H and O–H groups in total. The number of rotatable bonds is 9. The third-order valence-electron chi connectivity index (χ3n) is 4.33. The van der Waals surface area contributed by atoms with E-state index in [1.54, 1.807) is 0 Å². The van der Waals surface area contributed by atoms with Gasteiger partial charge in [-0.25, -0.2) is 4.79 Å². The lowest BCUT2D eigenvalue weighted by molar-refractivity contribution is 0.0970. The number of carbonyl (C=O) groups excluding carboxylic acids is 1. The van der Waals surface area contributed by atoms with E-state index in [-0.39, 0.29) is 0 Å². The van der Waals surface area contributed by atoms with E-state index in [1.807, 2.05) is 18.2 Å². The van der Waals surface area contributed by atoms with Crippen LogP contribution in [-0.4, -0.2) is 12.8 Å². The van der Waals surface area contributed by atoms with Crippen molar-refractivity contribution < 1.29 is 14.3 Å². The number of unbranched alkanes of at least 4 members (excludes halogenated alkanes) is 2. The van der Waals surface area contributed by atoms with Crippen LogP contribution in [0.15, 0.2) is 48.5 Å². The molecule has 0 aliphatic rings. The minimum atomic E-state index is -0.606. The lowest BCUT2D eigenvalue weighted by Crippen LogP contribution is -2.13. The van der Waals surface area contributed by atoms with Crippen molar-refractivity contribution >= 4 is 6.16 Å². The van der Waals surface area contributed by atoms with E-state index in [4.69, 9.17) is 9.47 Å². The first kappa shape index (κ1) is 19.0. The summed E-state index contributed by atoms with van der Waals surface area (Å²) in [5, 5.41) is 0. The van der Waals surface area contributed by atoms with Gasteiger partial charge < -0.3 is 9.47 Å². The number of hydrogen-bond acceptors (Lipinski definition) is 3. The Morgan fingerprint density at radius 2 is 1.68 bits per heavy atom. The average Bonchev–Trinajstić information content (AvgIpc) is 2.65. The third-order valence-corrected chi connectivity index (χ3v) is 4.33. The predicted octanol–water partition coefficient (Wildman–Crippen LogP) is 5.74. The Labute approximate surface area is 151 Å². The van der Waals surface area contributed by atoms with Gasteiger partial charge in [0, 0.05) is 0 Å². The number of ether oxygens (including phenoxy) is 2. The van der Waals surface area contributed by atoms with Crippen molar-refractivity contribution in [2.45, 2.75) is 52.4 Å². The molecule has 0 radical (unpaired) electrons. The highest BCUT2D eigenvalue weighted by atomic mass is 16.7. The Morgan fingerprint density at radius 1 is 0.880 bits per heavy atom. The van der Waals surface area contributed by atoms with E-state index < -0.39 is 6.16 Å². The van der Waals surface area contributed by atoms with Crippen molar-refractivity contribution in [3.8, 4) is 5.75 Å². The summed E-state index contributed by atoms with van der Waals surface area (Å²) in [5.41, 5.74) is 3.66. The highest BCUT2D eigenvalue weighted by Gasteiger charge is 2.11. The Bertz CT molecular complexity index is 650. The number of carbonyl (C=O) groups is 1. The van der Waals surface area contributed by atoms with E-state index >= 15 is 0 Å². The molecule has 2 aromatic carbocycles. The quantitative estimate of drug-likeness (QED) is 0.332. The fourth-order valence-electron chi connectivity index (χ4n) is 2.97. The molecule has 0 saturated heterocycles. The number of aryl methyl sites for hydroxylation is 2. The molecule has 0 bridgehead atoms. The molecule has 0 aliphatic heterocycles.